The van der Waals surface area contributed by atoms with Crippen LogP contribution in [0.5, 0.6) is 0 Å². The molecule has 1 saturated carbocycles. The summed E-state index contributed by atoms with van der Waals surface area (Å²) in [6.45, 7) is 1.83. The highest BCUT2D eigenvalue weighted by atomic mass is 16.1. The number of rotatable bonds is 1. The molecular weight excluding hydrogens is 112 g/mol. The molecule has 0 aliphatic heterocycles. The van der Waals surface area contributed by atoms with Gasteiger partial charge < -0.3 is 0 Å². The van der Waals surface area contributed by atoms with Crippen LogP contribution in [0.4, 0.5) is 0 Å². The van der Waals surface area contributed by atoms with E-state index in [9.17, 15) is 4.79 Å². The number of ketones is 1. The van der Waals surface area contributed by atoms with Crippen LogP contribution in [0.15, 0.2) is 0 Å². The van der Waals surface area contributed by atoms with Crippen molar-refractivity contribution in [3.05, 3.63) is 0 Å². The third-order valence-electron chi connectivity index (χ3n) is 1.63. The van der Waals surface area contributed by atoms with E-state index in [4.69, 9.17) is 5.48 Å². The van der Waals surface area contributed by atoms with Gasteiger partial charge in [0.2, 0.25) is 0 Å². The highest BCUT2D eigenvalue weighted by Gasteiger charge is 2.16. The molecule has 9 heavy (non-hydrogen) atoms. The Bertz CT molecular complexity index is 224. The van der Waals surface area contributed by atoms with Crippen molar-refractivity contribution in [1.82, 2.24) is 0 Å². The maximum Gasteiger partial charge on any atom is 0.132 e. The van der Waals surface area contributed by atoms with Crippen LogP contribution in [0.1, 0.15) is 44.4 Å². The molecular formula is C8H14O. The zero-order chi connectivity index (χ0) is 10.3. The average Bonchev–Trinajstić information content (AvgIpc) is 2.02. The molecule has 1 nitrogen and oxygen atoms in total. The van der Waals surface area contributed by atoms with E-state index >= 15 is 0 Å². The fourth-order valence-corrected chi connectivity index (χ4v) is 0.929. The standard InChI is InChI=1S/C8H14O/c1-2-7-3-5-8(9)6-4-7/h7H,2-6H2,1H3/i3D2,5D2. The quantitative estimate of drug-likeness (QED) is 0.531. The van der Waals surface area contributed by atoms with E-state index in [2.05, 4.69) is 0 Å². The van der Waals surface area contributed by atoms with Gasteiger partial charge >= 0.3 is 0 Å². The highest BCUT2D eigenvalue weighted by molar-refractivity contribution is 5.78. The number of hydrogen-bond donors (Lipinski definition) is 0. The van der Waals surface area contributed by atoms with Gasteiger partial charge in [0, 0.05) is 18.3 Å². The molecule has 1 aliphatic rings. The summed E-state index contributed by atoms with van der Waals surface area (Å²) in [6, 6.07) is 0. The molecule has 52 valence electrons. The Morgan fingerprint density at radius 1 is 1.89 bits per heavy atom. The lowest BCUT2D eigenvalue weighted by molar-refractivity contribution is -0.121. The lowest BCUT2D eigenvalue weighted by atomic mass is 9.87. The van der Waals surface area contributed by atoms with Gasteiger partial charge in [-0.15, -0.1) is 0 Å². The molecule has 1 heteroatoms. The van der Waals surface area contributed by atoms with Crippen molar-refractivity contribution in [2.45, 2.75) is 38.9 Å². The predicted molar refractivity (Wildman–Crippen MR) is 37.3 cm³/mol. The number of carbonyl (C=O) groups excluding carboxylic acids is 1. The third kappa shape index (κ3) is 1.81. The van der Waals surface area contributed by atoms with E-state index in [-0.39, 0.29) is 12.3 Å². The molecule has 1 atom stereocenters. The summed E-state index contributed by atoms with van der Waals surface area (Å²) in [6.07, 6.45) is -3.07. The Morgan fingerprint density at radius 3 is 3.33 bits per heavy atom. The van der Waals surface area contributed by atoms with Gasteiger partial charge in [0.25, 0.3) is 0 Å². The van der Waals surface area contributed by atoms with Crippen LogP contribution < -0.4 is 0 Å². The fraction of sp³-hybridized carbons (Fsp3) is 0.875. The molecule has 0 bridgehead atoms. The summed E-state index contributed by atoms with van der Waals surface area (Å²) >= 11 is 0. The Labute approximate surface area is 62.1 Å². The first-order chi connectivity index (χ1) is 5.84. The maximum absolute atomic E-state index is 11.2. The van der Waals surface area contributed by atoms with Crippen molar-refractivity contribution in [1.29, 1.82) is 0 Å². The average molecular weight is 130 g/mol. The maximum atomic E-state index is 11.2. The van der Waals surface area contributed by atoms with E-state index in [0.717, 1.165) is 0 Å². The Hall–Kier alpha value is -0.330. The summed E-state index contributed by atoms with van der Waals surface area (Å²) in [5.41, 5.74) is 0. The molecule has 0 heterocycles. The first-order valence-electron chi connectivity index (χ1n) is 5.37. The van der Waals surface area contributed by atoms with Crippen LogP contribution >= 0.6 is 0 Å². The van der Waals surface area contributed by atoms with Gasteiger partial charge in [-0.05, 0) is 18.7 Å². The van der Waals surface area contributed by atoms with Crippen LogP contribution in [0.3, 0.4) is 0 Å². The van der Waals surface area contributed by atoms with Gasteiger partial charge in [-0.25, -0.2) is 0 Å². The zero-order valence-electron chi connectivity index (χ0n) is 9.61. The number of Topliss-reactive ketones (excluding diaryl/α,β-unsaturated/α-hetero) is 1. The molecule has 0 aromatic rings. The summed E-state index contributed by atoms with van der Waals surface area (Å²) in [7, 11) is 0. The van der Waals surface area contributed by atoms with E-state index in [1.54, 1.807) is 0 Å². The van der Waals surface area contributed by atoms with Crippen molar-refractivity contribution < 1.29 is 10.3 Å². The van der Waals surface area contributed by atoms with Crippen molar-refractivity contribution in [3.8, 4) is 0 Å². The molecule has 0 aromatic carbocycles. The Kier molecular flexibility index (Phi) is 1.06. The SMILES string of the molecule is [2H]C1([2H])C(=O)CCC(CC)C1([2H])[2H]. The Balaban J connectivity index is 2.99. The van der Waals surface area contributed by atoms with Crippen LogP contribution in [-0.4, -0.2) is 5.78 Å². The predicted octanol–water partition coefficient (Wildman–Crippen LogP) is 2.16. The second-order valence-electron chi connectivity index (χ2n) is 2.34. The minimum atomic E-state index is -2.30. The summed E-state index contributed by atoms with van der Waals surface area (Å²) in [4.78, 5) is 11.2. The molecule has 0 N–H and O–H groups in total. The van der Waals surface area contributed by atoms with Gasteiger partial charge in [0.05, 0.1) is 0 Å². The zero-order valence-corrected chi connectivity index (χ0v) is 5.61. The van der Waals surface area contributed by atoms with E-state index in [0.29, 0.717) is 12.8 Å². The van der Waals surface area contributed by atoms with E-state index in [1.807, 2.05) is 6.92 Å². The monoisotopic (exact) mass is 130 g/mol. The lowest BCUT2D eigenvalue weighted by Crippen LogP contribution is -2.12. The highest BCUT2D eigenvalue weighted by Crippen LogP contribution is 2.23. The van der Waals surface area contributed by atoms with Crippen LogP contribution in [-0.2, 0) is 4.79 Å². The van der Waals surface area contributed by atoms with Crippen LogP contribution in [0.2, 0.25) is 0 Å². The van der Waals surface area contributed by atoms with E-state index < -0.39 is 18.5 Å². The van der Waals surface area contributed by atoms with Gasteiger partial charge in [-0.3, -0.25) is 4.79 Å². The fourth-order valence-electron chi connectivity index (χ4n) is 0.929. The molecule has 0 saturated heterocycles. The second-order valence-corrected chi connectivity index (χ2v) is 2.34. The molecule has 1 aliphatic carbocycles. The minimum absolute atomic E-state index is 0.172. The van der Waals surface area contributed by atoms with Crippen molar-refractivity contribution in [3.63, 3.8) is 0 Å². The molecule has 0 amide bonds. The summed E-state index contributed by atoms with van der Waals surface area (Å²) in [5, 5.41) is 0. The van der Waals surface area contributed by atoms with Crippen molar-refractivity contribution in [2.24, 2.45) is 5.92 Å². The van der Waals surface area contributed by atoms with Crippen molar-refractivity contribution in [2.75, 3.05) is 0 Å². The first-order valence-corrected chi connectivity index (χ1v) is 3.37. The van der Waals surface area contributed by atoms with Gasteiger partial charge in [-0.2, -0.15) is 0 Å². The summed E-state index contributed by atoms with van der Waals surface area (Å²) < 4.78 is 30.0. The minimum Gasteiger partial charge on any atom is -0.300 e. The topological polar surface area (TPSA) is 17.1 Å². The third-order valence-corrected chi connectivity index (χ3v) is 1.63. The number of carbonyl (C=O) groups is 1. The molecule has 1 rings (SSSR count). The van der Waals surface area contributed by atoms with Gasteiger partial charge in [0.1, 0.15) is 5.78 Å². The summed E-state index contributed by atoms with van der Waals surface area (Å²) in [5.74, 6) is -0.928. The first kappa shape index (κ1) is 3.18. The molecule has 0 radical (unpaired) electrons. The molecule has 0 aromatic heterocycles. The largest absolute Gasteiger partial charge is 0.300 e. The molecule has 1 unspecified atom stereocenters. The smallest absolute Gasteiger partial charge is 0.132 e. The van der Waals surface area contributed by atoms with E-state index in [1.165, 1.54) is 0 Å². The van der Waals surface area contributed by atoms with Gasteiger partial charge in [0.15, 0.2) is 0 Å². The normalized spacial score (nSPS) is 46.3. The van der Waals surface area contributed by atoms with Crippen molar-refractivity contribution >= 4 is 5.78 Å². The lowest BCUT2D eigenvalue weighted by Gasteiger charge is -2.18. The van der Waals surface area contributed by atoms with Crippen LogP contribution in [0, 0.1) is 5.92 Å². The molecule has 0 spiro atoms. The van der Waals surface area contributed by atoms with Gasteiger partial charge in [-0.1, -0.05) is 13.3 Å². The molecule has 1 fully saturated rings. The Morgan fingerprint density at radius 2 is 2.67 bits per heavy atom. The van der Waals surface area contributed by atoms with Crippen LogP contribution in [0.25, 0.3) is 0 Å². The second kappa shape index (κ2) is 3.00. The number of hydrogen-bond acceptors (Lipinski definition) is 1.